The molecule has 6 heteroatoms. The molecule has 1 fully saturated rings. The average molecular weight is 297 g/mol. The van der Waals surface area contributed by atoms with Crippen molar-refractivity contribution in [3.05, 3.63) is 29.8 Å². The highest BCUT2D eigenvalue weighted by Crippen LogP contribution is 2.33. The van der Waals surface area contributed by atoms with Gasteiger partial charge in [-0.2, -0.15) is 4.31 Å². The summed E-state index contributed by atoms with van der Waals surface area (Å²) >= 11 is 0. The highest BCUT2D eigenvalue weighted by Gasteiger charge is 2.38. The third-order valence-electron chi connectivity index (χ3n) is 3.39. The number of aromatic carboxylic acids is 1. The molecule has 2 rings (SSSR count). The third-order valence-corrected chi connectivity index (χ3v) is 5.40. The van der Waals surface area contributed by atoms with Crippen LogP contribution in [0.15, 0.2) is 29.2 Å². The Morgan fingerprint density at radius 2 is 2.00 bits per heavy atom. The molecule has 0 aromatic heterocycles. The number of nitrogens with zero attached hydrogens (tertiary/aromatic N) is 1. The number of unbranched alkanes of at least 4 members (excludes halogenated alkanes) is 1. The van der Waals surface area contributed by atoms with Gasteiger partial charge in [-0.1, -0.05) is 25.5 Å². The molecule has 20 heavy (non-hydrogen) atoms. The Kier molecular flexibility index (Phi) is 4.45. The summed E-state index contributed by atoms with van der Waals surface area (Å²) in [5.74, 6) is -1.21. The molecule has 0 unspecified atom stereocenters. The van der Waals surface area contributed by atoms with Crippen molar-refractivity contribution in [2.75, 3.05) is 6.54 Å². The number of carbonyl (C=O) groups is 1. The van der Waals surface area contributed by atoms with Gasteiger partial charge in [0.2, 0.25) is 10.0 Å². The van der Waals surface area contributed by atoms with Crippen LogP contribution in [0.3, 0.4) is 0 Å². The predicted octanol–water partition coefficient (Wildman–Crippen LogP) is 2.34. The van der Waals surface area contributed by atoms with E-state index in [2.05, 4.69) is 0 Å². The summed E-state index contributed by atoms with van der Waals surface area (Å²) in [5, 5.41) is 9.16. The van der Waals surface area contributed by atoms with Crippen molar-refractivity contribution in [1.82, 2.24) is 4.31 Å². The Balaban J connectivity index is 2.40. The maximum Gasteiger partial charge on any atom is 0.337 e. The van der Waals surface area contributed by atoms with E-state index in [1.54, 1.807) is 6.07 Å². The first kappa shape index (κ1) is 15.0. The van der Waals surface area contributed by atoms with E-state index in [0.29, 0.717) is 6.54 Å². The molecule has 5 nitrogen and oxygen atoms in total. The fraction of sp³-hybridized carbons (Fsp3) is 0.500. The second-order valence-electron chi connectivity index (χ2n) is 5.00. The minimum atomic E-state index is -3.73. The van der Waals surface area contributed by atoms with Crippen molar-refractivity contribution in [2.24, 2.45) is 0 Å². The Morgan fingerprint density at radius 1 is 1.35 bits per heavy atom. The summed E-state index contributed by atoms with van der Waals surface area (Å²) in [5.41, 5.74) is -0.158. The van der Waals surface area contributed by atoms with Gasteiger partial charge in [0.05, 0.1) is 10.5 Å². The topological polar surface area (TPSA) is 74.7 Å². The lowest BCUT2D eigenvalue weighted by molar-refractivity contribution is 0.0692. The average Bonchev–Trinajstić information content (AvgIpc) is 3.23. The van der Waals surface area contributed by atoms with Crippen LogP contribution in [0.4, 0.5) is 0 Å². The molecule has 1 aromatic carbocycles. The molecule has 1 aliphatic rings. The van der Waals surface area contributed by atoms with Crippen LogP contribution in [0.25, 0.3) is 0 Å². The van der Waals surface area contributed by atoms with Crippen LogP contribution in [0, 0.1) is 0 Å². The molecule has 0 bridgehead atoms. The number of carboxylic acids is 1. The van der Waals surface area contributed by atoms with Crippen LogP contribution in [0.5, 0.6) is 0 Å². The zero-order valence-corrected chi connectivity index (χ0v) is 12.3. The maximum atomic E-state index is 12.7. The lowest BCUT2D eigenvalue weighted by Crippen LogP contribution is -2.34. The standard InChI is InChI=1S/C14H19NO4S/c1-2-3-10-15(11-8-9-11)20(18,19)13-7-5-4-6-12(13)14(16)17/h4-7,11H,2-3,8-10H2,1H3,(H,16,17). The number of hydrogen-bond acceptors (Lipinski definition) is 3. The van der Waals surface area contributed by atoms with Crippen molar-refractivity contribution in [3.8, 4) is 0 Å². The second kappa shape index (κ2) is 5.93. The van der Waals surface area contributed by atoms with E-state index in [9.17, 15) is 13.2 Å². The summed E-state index contributed by atoms with van der Waals surface area (Å²) < 4.78 is 26.9. The van der Waals surface area contributed by atoms with E-state index in [1.807, 2.05) is 6.92 Å². The van der Waals surface area contributed by atoms with Crippen LogP contribution in [-0.4, -0.2) is 36.4 Å². The normalized spacial score (nSPS) is 15.5. The van der Waals surface area contributed by atoms with Crippen LogP contribution in [0.2, 0.25) is 0 Å². The predicted molar refractivity (Wildman–Crippen MR) is 75.2 cm³/mol. The van der Waals surface area contributed by atoms with Crippen molar-refractivity contribution in [3.63, 3.8) is 0 Å². The SMILES string of the molecule is CCCCN(C1CC1)S(=O)(=O)c1ccccc1C(=O)O. The van der Waals surface area contributed by atoms with Gasteiger partial charge >= 0.3 is 5.97 Å². The van der Waals surface area contributed by atoms with Crippen LogP contribution in [-0.2, 0) is 10.0 Å². The Hall–Kier alpha value is -1.40. The van der Waals surface area contributed by atoms with Gasteiger partial charge in [-0.05, 0) is 31.4 Å². The van der Waals surface area contributed by atoms with E-state index in [0.717, 1.165) is 25.7 Å². The number of benzene rings is 1. The number of hydrogen-bond donors (Lipinski definition) is 1. The van der Waals surface area contributed by atoms with E-state index in [-0.39, 0.29) is 16.5 Å². The Morgan fingerprint density at radius 3 is 2.55 bits per heavy atom. The highest BCUT2D eigenvalue weighted by molar-refractivity contribution is 7.89. The van der Waals surface area contributed by atoms with Gasteiger partial charge in [0.1, 0.15) is 0 Å². The monoisotopic (exact) mass is 297 g/mol. The maximum absolute atomic E-state index is 12.7. The lowest BCUT2D eigenvalue weighted by Gasteiger charge is -2.22. The van der Waals surface area contributed by atoms with Gasteiger partial charge in [-0.25, -0.2) is 13.2 Å². The molecule has 0 spiro atoms. The second-order valence-corrected chi connectivity index (χ2v) is 6.86. The fourth-order valence-electron chi connectivity index (χ4n) is 2.17. The molecule has 0 radical (unpaired) electrons. The molecule has 0 atom stereocenters. The van der Waals surface area contributed by atoms with E-state index in [1.165, 1.54) is 22.5 Å². The van der Waals surface area contributed by atoms with Gasteiger partial charge < -0.3 is 5.11 Å². The molecule has 110 valence electrons. The first-order valence-corrected chi connectivity index (χ1v) is 8.26. The highest BCUT2D eigenvalue weighted by atomic mass is 32.2. The summed E-state index contributed by atoms with van der Waals surface area (Å²) in [6.07, 6.45) is 3.40. The molecule has 0 heterocycles. The zero-order valence-electron chi connectivity index (χ0n) is 11.4. The molecule has 0 saturated heterocycles. The Bertz CT molecular complexity index is 593. The van der Waals surface area contributed by atoms with Crippen molar-refractivity contribution in [1.29, 1.82) is 0 Å². The van der Waals surface area contributed by atoms with Crippen LogP contribution < -0.4 is 0 Å². The largest absolute Gasteiger partial charge is 0.478 e. The summed E-state index contributed by atoms with van der Waals surface area (Å²) in [6, 6.07) is 5.84. The third kappa shape index (κ3) is 3.02. The van der Waals surface area contributed by atoms with Crippen molar-refractivity contribution in [2.45, 2.75) is 43.5 Å². The first-order valence-electron chi connectivity index (χ1n) is 6.82. The molecule has 0 amide bonds. The molecular formula is C14H19NO4S. The van der Waals surface area contributed by atoms with Gasteiger partial charge in [0, 0.05) is 12.6 Å². The smallest absolute Gasteiger partial charge is 0.337 e. The first-order chi connectivity index (χ1) is 9.48. The van der Waals surface area contributed by atoms with Gasteiger partial charge in [0.25, 0.3) is 0 Å². The summed E-state index contributed by atoms with van der Waals surface area (Å²) in [4.78, 5) is 11.1. The molecule has 0 aliphatic heterocycles. The number of rotatable bonds is 7. The minimum absolute atomic E-state index is 0.0356. The molecule has 1 aromatic rings. The quantitative estimate of drug-likeness (QED) is 0.838. The lowest BCUT2D eigenvalue weighted by atomic mass is 10.2. The minimum Gasteiger partial charge on any atom is -0.478 e. The molecule has 1 N–H and O–H groups in total. The number of sulfonamides is 1. The zero-order chi connectivity index (χ0) is 14.8. The van der Waals surface area contributed by atoms with Crippen molar-refractivity contribution >= 4 is 16.0 Å². The van der Waals surface area contributed by atoms with Crippen molar-refractivity contribution < 1.29 is 18.3 Å². The van der Waals surface area contributed by atoms with Gasteiger partial charge in [-0.3, -0.25) is 0 Å². The summed E-state index contributed by atoms with van der Waals surface area (Å²) in [7, 11) is -3.73. The summed E-state index contributed by atoms with van der Waals surface area (Å²) in [6.45, 7) is 2.46. The van der Waals surface area contributed by atoms with Crippen LogP contribution in [0.1, 0.15) is 43.0 Å². The van der Waals surface area contributed by atoms with Gasteiger partial charge in [-0.15, -0.1) is 0 Å². The number of carboxylic acid groups (broad SMARTS) is 1. The van der Waals surface area contributed by atoms with E-state index >= 15 is 0 Å². The van der Waals surface area contributed by atoms with Gasteiger partial charge in [0.15, 0.2) is 0 Å². The molecule has 1 aliphatic carbocycles. The van der Waals surface area contributed by atoms with Crippen LogP contribution >= 0.6 is 0 Å². The van der Waals surface area contributed by atoms with E-state index < -0.39 is 16.0 Å². The van der Waals surface area contributed by atoms with E-state index in [4.69, 9.17) is 5.11 Å². The molecular weight excluding hydrogens is 278 g/mol. The Labute approximate surface area is 119 Å². The molecule has 1 saturated carbocycles. The fourth-order valence-corrected chi connectivity index (χ4v) is 4.08.